The van der Waals surface area contributed by atoms with E-state index in [1.807, 2.05) is 6.92 Å². The van der Waals surface area contributed by atoms with Crippen molar-refractivity contribution in [2.75, 3.05) is 6.61 Å². The van der Waals surface area contributed by atoms with Gasteiger partial charge in [0.1, 0.15) is 5.78 Å². The van der Waals surface area contributed by atoms with Crippen molar-refractivity contribution in [3.05, 3.63) is 22.7 Å². The Balaban J connectivity index is 1.66. The quantitative estimate of drug-likeness (QED) is 0.672. The second-order valence-electron chi connectivity index (χ2n) is 10.1. The van der Waals surface area contributed by atoms with Crippen molar-refractivity contribution in [2.45, 2.75) is 72.1 Å². The van der Waals surface area contributed by atoms with Crippen molar-refractivity contribution in [1.82, 2.24) is 0 Å². The van der Waals surface area contributed by atoms with Crippen LogP contribution in [0.15, 0.2) is 11.3 Å². The first-order chi connectivity index (χ1) is 12.3. The number of aliphatic hydroxyl groups is 1. The fraction of sp³-hybridized carbons (Fsp3) is 0.826. The molecular formula is C23H33NO2. The van der Waals surface area contributed by atoms with Gasteiger partial charge in [-0.25, -0.2) is 4.85 Å². The molecule has 0 spiro atoms. The number of carbonyl (C=O) groups is 1. The highest BCUT2D eigenvalue weighted by molar-refractivity contribution is 5.82. The van der Waals surface area contributed by atoms with Crippen molar-refractivity contribution >= 4 is 5.78 Å². The maximum atomic E-state index is 12.4. The SMILES string of the molecule is [C-]#[N+]/C(C)=C1/CC[C@H]2[C@@H]3CC[C@@H]4CC(=O)[C@@H](CO)C[C@]4(C)[C@H]3CC[C@]12C. The van der Waals surface area contributed by atoms with Crippen molar-refractivity contribution in [3.8, 4) is 0 Å². The molecule has 0 aromatic heterocycles. The number of nitrogens with zero attached hydrogens (tertiary/aromatic N) is 1. The van der Waals surface area contributed by atoms with Crippen molar-refractivity contribution in [2.24, 2.45) is 40.4 Å². The molecule has 0 aromatic rings. The summed E-state index contributed by atoms with van der Waals surface area (Å²) < 4.78 is 0. The molecule has 0 bridgehead atoms. The lowest BCUT2D eigenvalue weighted by Gasteiger charge is -2.60. The highest BCUT2D eigenvalue weighted by Gasteiger charge is 2.60. The lowest BCUT2D eigenvalue weighted by Crippen LogP contribution is -2.54. The molecule has 0 heterocycles. The summed E-state index contributed by atoms with van der Waals surface area (Å²) in [5.41, 5.74) is 2.82. The Morgan fingerprint density at radius 2 is 2.00 bits per heavy atom. The summed E-state index contributed by atoms with van der Waals surface area (Å²) >= 11 is 0. The van der Waals surface area contributed by atoms with Crippen LogP contribution in [0.25, 0.3) is 4.85 Å². The Hall–Kier alpha value is -1.14. The van der Waals surface area contributed by atoms with Gasteiger partial charge in [0.05, 0.1) is 13.2 Å². The Morgan fingerprint density at radius 3 is 2.69 bits per heavy atom. The number of Topliss-reactive ketones (excluding diaryl/α,β-unsaturated/α-hetero) is 1. The van der Waals surface area contributed by atoms with Gasteiger partial charge in [-0.2, -0.15) is 0 Å². The van der Waals surface area contributed by atoms with Crippen LogP contribution >= 0.6 is 0 Å². The van der Waals surface area contributed by atoms with Crippen LogP contribution in [-0.2, 0) is 4.79 Å². The molecule has 4 saturated carbocycles. The smallest absolute Gasteiger partial charge is 0.162 e. The molecule has 4 rings (SSSR count). The molecule has 0 saturated heterocycles. The summed E-state index contributed by atoms with van der Waals surface area (Å²) in [4.78, 5) is 16.2. The minimum absolute atomic E-state index is 0.0246. The largest absolute Gasteiger partial charge is 0.396 e. The molecule has 3 nitrogen and oxygen atoms in total. The fourth-order valence-electron chi connectivity index (χ4n) is 7.88. The third-order valence-corrected chi connectivity index (χ3v) is 9.26. The summed E-state index contributed by atoms with van der Waals surface area (Å²) in [6.45, 7) is 14.4. The van der Waals surface area contributed by atoms with Gasteiger partial charge in [0, 0.05) is 12.3 Å². The zero-order chi connectivity index (χ0) is 18.7. The molecule has 0 aliphatic heterocycles. The van der Waals surface area contributed by atoms with Crippen LogP contribution < -0.4 is 0 Å². The van der Waals surface area contributed by atoms with E-state index in [0.717, 1.165) is 24.5 Å². The van der Waals surface area contributed by atoms with Crippen LogP contribution in [0.1, 0.15) is 72.1 Å². The Morgan fingerprint density at radius 1 is 1.23 bits per heavy atom. The van der Waals surface area contributed by atoms with Gasteiger partial charge >= 0.3 is 0 Å². The number of hydrogen-bond donors (Lipinski definition) is 1. The highest BCUT2D eigenvalue weighted by Crippen LogP contribution is 2.67. The standard InChI is InChI=1S/C23H33NO2/c1-14(24-4)18-7-8-19-17-6-5-16-11-21(26)15(13-25)12-23(16,3)20(17)9-10-22(18,19)2/h15-17,19-20,25H,5-13H2,1-3H3/b18-14-/t15-,16-,17+,19+,20+,22-,23+/m1/s1. The third kappa shape index (κ3) is 2.37. The Labute approximate surface area is 158 Å². The molecule has 1 N–H and O–H groups in total. The Bertz CT molecular complexity index is 689. The van der Waals surface area contributed by atoms with E-state index in [2.05, 4.69) is 18.7 Å². The molecule has 4 aliphatic carbocycles. The average Bonchev–Trinajstić information content (AvgIpc) is 2.98. The number of rotatable bonds is 1. The van der Waals surface area contributed by atoms with Gasteiger partial charge in [-0.15, -0.1) is 0 Å². The van der Waals surface area contributed by atoms with Crippen LogP contribution in [0, 0.1) is 47.0 Å². The van der Waals surface area contributed by atoms with Gasteiger partial charge in [-0.1, -0.05) is 19.4 Å². The van der Waals surface area contributed by atoms with E-state index >= 15 is 0 Å². The second-order valence-corrected chi connectivity index (χ2v) is 10.1. The lowest BCUT2D eigenvalue weighted by molar-refractivity contribution is -0.147. The summed E-state index contributed by atoms with van der Waals surface area (Å²) in [7, 11) is 0. The van der Waals surface area contributed by atoms with Gasteiger partial charge in [0.15, 0.2) is 5.70 Å². The third-order valence-electron chi connectivity index (χ3n) is 9.26. The van der Waals surface area contributed by atoms with E-state index in [1.54, 1.807) is 0 Å². The number of aliphatic hydroxyl groups excluding tert-OH is 1. The molecule has 26 heavy (non-hydrogen) atoms. The highest BCUT2D eigenvalue weighted by atomic mass is 16.3. The van der Waals surface area contributed by atoms with E-state index < -0.39 is 0 Å². The van der Waals surface area contributed by atoms with E-state index in [-0.39, 0.29) is 23.4 Å². The number of hydrogen-bond acceptors (Lipinski definition) is 2. The van der Waals surface area contributed by atoms with Gasteiger partial charge in [0.25, 0.3) is 0 Å². The van der Waals surface area contributed by atoms with E-state index in [9.17, 15) is 9.90 Å². The molecule has 0 amide bonds. The molecule has 0 radical (unpaired) electrons. The minimum atomic E-state index is -0.133. The van der Waals surface area contributed by atoms with E-state index in [1.165, 1.54) is 37.7 Å². The second kappa shape index (κ2) is 6.20. The average molecular weight is 356 g/mol. The zero-order valence-corrected chi connectivity index (χ0v) is 16.6. The van der Waals surface area contributed by atoms with E-state index in [4.69, 9.17) is 6.57 Å². The molecule has 0 unspecified atom stereocenters. The summed E-state index contributed by atoms with van der Waals surface area (Å²) in [5, 5.41) is 9.72. The van der Waals surface area contributed by atoms with Crippen LogP contribution in [0.3, 0.4) is 0 Å². The topological polar surface area (TPSA) is 41.7 Å². The molecule has 0 aromatic carbocycles. The van der Waals surface area contributed by atoms with Crippen LogP contribution in [0.4, 0.5) is 0 Å². The van der Waals surface area contributed by atoms with Crippen LogP contribution in [-0.4, -0.2) is 17.5 Å². The van der Waals surface area contributed by atoms with Crippen molar-refractivity contribution < 1.29 is 9.90 Å². The Kier molecular flexibility index (Phi) is 4.35. The first kappa shape index (κ1) is 18.2. The van der Waals surface area contributed by atoms with Gasteiger partial charge < -0.3 is 5.11 Å². The van der Waals surface area contributed by atoms with Crippen LogP contribution in [0.5, 0.6) is 0 Å². The maximum absolute atomic E-state index is 12.4. The fourth-order valence-corrected chi connectivity index (χ4v) is 7.88. The van der Waals surface area contributed by atoms with Gasteiger partial charge in [-0.3, -0.25) is 4.79 Å². The number of carbonyl (C=O) groups excluding carboxylic acids is 1. The number of allylic oxidation sites excluding steroid dienone is 2. The van der Waals surface area contributed by atoms with Gasteiger partial charge in [0.2, 0.25) is 0 Å². The monoisotopic (exact) mass is 355 g/mol. The number of ketones is 1. The molecule has 3 heteroatoms. The van der Waals surface area contributed by atoms with E-state index in [0.29, 0.717) is 30.0 Å². The summed E-state index contributed by atoms with van der Waals surface area (Å²) in [5.74, 6) is 2.81. The molecule has 142 valence electrons. The molecule has 4 fully saturated rings. The first-order valence-corrected chi connectivity index (χ1v) is 10.6. The van der Waals surface area contributed by atoms with Gasteiger partial charge in [-0.05, 0) is 86.4 Å². The minimum Gasteiger partial charge on any atom is -0.396 e. The number of fused-ring (bicyclic) bond motifs is 5. The normalized spacial score (nSPS) is 49.7. The predicted molar refractivity (Wildman–Crippen MR) is 102 cm³/mol. The molecule has 7 atom stereocenters. The summed E-state index contributed by atoms with van der Waals surface area (Å²) in [6, 6.07) is 0. The lowest BCUT2D eigenvalue weighted by atomic mass is 9.44. The van der Waals surface area contributed by atoms with Crippen molar-refractivity contribution in [1.29, 1.82) is 0 Å². The van der Waals surface area contributed by atoms with Crippen molar-refractivity contribution in [3.63, 3.8) is 0 Å². The van der Waals surface area contributed by atoms with Crippen LogP contribution in [0.2, 0.25) is 0 Å². The predicted octanol–water partition coefficient (Wildman–Crippen LogP) is 5.01. The maximum Gasteiger partial charge on any atom is 0.162 e. The first-order valence-electron chi connectivity index (χ1n) is 10.6. The zero-order valence-electron chi connectivity index (χ0n) is 16.6. The summed E-state index contributed by atoms with van der Waals surface area (Å²) in [6.07, 6.45) is 8.78. The molecular weight excluding hydrogens is 322 g/mol. The molecule has 4 aliphatic rings.